The Balaban J connectivity index is 2.77. The molecule has 9 nitrogen and oxygen atoms in total. The predicted molar refractivity (Wildman–Crippen MR) is 146 cm³/mol. The monoisotopic (exact) mass is 565 g/mol. The van der Waals surface area contributed by atoms with Crippen LogP contribution in [0.3, 0.4) is 0 Å². The predicted octanol–water partition coefficient (Wildman–Crippen LogP) is 4.59. The van der Waals surface area contributed by atoms with Crippen LogP contribution in [0.1, 0.15) is 60.8 Å². The van der Waals surface area contributed by atoms with E-state index in [0.29, 0.717) is 43.3 Å². The molecule has 0 aliphatic heterocycles. The third kappa shape index (κ3) is 12.5. The van der Waals surface area contributed by atoms with Crippen molar-refractivity contribution in [3.05, 3.63) is 28.2 Å². The summed E-state index contributed by atoms with van der Waals surface area (Å²) in [7, 11) is -3.78. The normalized spacial score (nSPS) is 12.6. The van der Waals surface area contributed by atoms with Crippen molar-refractivity contribution in [3.63, 3.8) is 0 Å². The molecule has 0 spiro atoms. The Labute approximate surface area is 226 Å². The van der Waals surface area contributed by atoms with Gasteiger partial charge in [0.2, 0.25) is 10.0 Å². The summed E-state index contributed by atoms with van der Waals surface area (Å²) in [5.74, 6) is 0.318. The molecule has 0 aliphatic rings. The molecule has 0 fully saturated rings. The molecule has 0 saturated heterocycles. The average Bonchev–Trinajstić information content (AvgIpc) is 2.70. The Morgan fingerprint density at radius 2 is 1.58 bits per heavy atom. The standard InChI is InChI=1S/C24H41Cl2N5O4S/c1-16(2)13-20(30-23(32)28-17(3)4)15-31(24(33)29-18(5)6)12-8-7-11-27-36(34,35)22-10-9-19(25)14-21(22)26/h9-10,14,16-18,20,27H,7-8,11-13,15H2,1-6H3,(H,29,33)(H2,28,30,32)/t20-/m0/s1. The van der Waals surface area contributed by atoms with Crippen molar-refractivity contribution in [2.24, 2.45) is 5.92 Å². The van der Waals surface area contributed by atoms with E-state index in [1.165, 1.54) is 18.2 Å². The summed E-state index contributed by atoms with van der Waals surface area (Å²) in [5.41, 5.74) is 0. The second-order valence-corrected chi connectivity index (χ2v) is 12.4. The number of carbonyl (C=O) groups is 2. The molecule has 0 radical (unpaired) electrons. The first kappa shape index (κ1) is 32.3. The zero-order chi connectivity index (χ0) is 27.5. The van der Waals surface area contributed by atoms with Gasteiger partial charge in [0.25, 0.3) is 0 Å². The van der Waals surface area contributed by atoms with E-state index in [-0.39, 0.29) is 46.7 Å². The molecule has 0 saturated carbocycles. The molecule has 1 aromatic carbocycles. The summed E-state index contributed by atoms with van der Waals surface area (Å²) in [6, 6.07) is 3.44. The summed E-state index contributed by atoms with van der Waals surface area (Å²) in [4.78, 5) is 26.8. The zero-order valence-electron chi connectivity index (χ0n) is 22.0. The molecule has 1 aromatic rings. The van der Waals surface area contributed by atoms with Crippen LogP contribution in [0.25, 0.3) is 0 Å². The van der Waals surface area contributed by atoms with Gasteiger partial charge < -0.3 is 20.9 Å². The van der Waals surface area contributed by atoms with E-state index < -0.39 is 10.0 Å². The molecule has 12 heteroatoms. The molecule has 4 N–H and O–H groups in total. The number of amides is 4. The molecule has 206 valence electrons. The van der Waals surface area contributed by atoms with E-state index in [2.05, 4.69) is 34.5 Å². The van der Waals surface area contributed by atoms with Crippen molar-refractivity contribution in [2.45, 2.75) is 83.8 Å². The van der Waals surface area contributed by atoms with Gasteiger partial charge in [0, 0.05) is 42.8 Å². The molecule has 0 aromatic heterocycles. The van der Waals surface area contributed by atoms with E-state index >= 15 is 0 Å². The number of halogens is 2. The summed E-state index contributed by atoms with van der Waals surface area (Å²) in [6.45, 7) is 12.6. The summed E-state index contributed by atoms with van der Waals surface area (Å²) in [6.07, 6.45) is 1.78. The highest BCUT2D eigenvalue weighted by Crippen LogP contribution is 2.24. The highest BCUT2D eigenvalue weighted by Gasteiger charge is 2.22. The number of hydrogen-bond acceptors (Lipinski definition) is 4. The van der Waals surface area contributed by atoms with E-state index in [1.807, 2.05) is 27.7 Å². The Hall–Kier alpha value is -1.75. The van der Waals surface area contributed by atoms with Crippen molar-refractivity contribution < 1.29 is 18.0 Å². The average molecular weight is 567 g/mol. The number of urea groups is 2. The van der Waals surface area contributed by atoms with E-state index in [1.54, 1.807) is 4.90 Å². The number of nitrogens with zero attached hydrogens (tertiary/aromatic N) is 1. The van der Waals surface area contributed by atoms with Gasteiger partial charge in [0.05, 0.1) is 5.02 Å². The summed E-state index contributed by atoms with van der Waals surface area (Å²) < 4.78 is 27.7. The van der Waals surface area contributed by atoms with Crippen LogP contribution >= 0.6 is 23.2 Å². The fourth-order valence-electron chi connectivity index (χ4n) is 3.52. The lowest BCUT2D eigenvalue weighted by Crippen LogP contribution is -2.53. The van der Waals surface area contributed by atoms with Crippen LogP contribution in [0.15, 0.2) is 23.1 Å². The largest absolute Gasteiger partial charge is 0.336 e. The fourth-order valence-corrected chi connectivity index (χ4v) is 5.37. The Kier molecular flexibility index (Phi) is 13.9. The molecule has 1 atom stereocenters. The number of carbonyl (C=O) groups excluding carboxylic acids is 2. The van der Waals surface area contributed by atoms with E-state index in [0.717, 1.165) is 0 Å². The maximum absolute atomic E-state index is 12.9. The molecule has 36 heavy (non-hydrogen) atoms. The Morgan fingerprint density at radius 1 is 0.944 bits per heavy atom. The zero-order valence-corrected chi connectivity index (χ0v) is 24.4. The van der Waals surface area contributed by atoms with Crippen molar-refractivity contribution in [1.29, 1.82) is 0 Å². The van der Waals surface area contributed by atoms with Crippen LogP contribution in [0.2, 0.25) is 10.0 Å². The lowest BCUT2D eigenvalue weighted by Gasteiger charge is -2.30. The number of hydrogen-bond donors (Lipinski definition) is 4. The van der Waals surface area contributed by atoms with Gasteiger partial charge in [-0.2, -0.15) is 0 Å². The third-order valence-electron chi connectivity index (χ3n) is 4.98. The van der Waals surface area contributed by atoms with Crippen molar-refractivity contribution >= 4 is 45.3 Å². The summed E-state index contributed by atoms with van der Waals surface area (Å²) in [5, 5.41) is 9.12. The van der Waals surface area contributed by atoms with Gasteiger partial charge in [0.15, 0.2) is 0 Å². The molecule has 0 unspecified atom stereocenters. The molecule has 0 aliphatic carbocycles. The number of sulfonamides is 1. The van der Waals surface area contributed by atoms with Gasteiger partial charge in [-0.05, 0) is 71.1 Å². The van der Waals surface area contributed by atoms with Crippen LogP contribution in [0.5, 0.6) is 0 Å². The number of benzene rings is 1. The maximum Gasteiger partial charge on any atom is 0.317 e. The van der Waals surface area contributed by atoms with Crippen LogP contribution in [0.4, 0.5) is 9.59 Å². The molecular formula is C24H41Cl2N5O4S. The minimum atomic E-state index is -3.78. The smallest absolute Gasteiger partial charge is 0.317 e. The highest BCUT2D eigenvalue weighted by atomic mass is 35.5. The van der Waals surface area contributed by atoms with E-state index in [4.69, 9.17) is 23.2 Å². The van der Waals surface area contributed by atoms with Gasteiger partial charge in [-0.1, -0.05) is 37.0 Å². The number of rotatable bonds is 14. The first-order valence-electron chi connectivity index (χ1n) is 12.3. The number of nitrogens with one attached hydrogen (secondary N) is 4. The van der Waals surface area contributed by atoms with Gasteiger partial charge in [-0.15, -0.1) is 0 Å². The van der Waals surface area contributed by atoms with Gasteiger partial charge >= 0.3 is 12.1 Å². The first-order valence-corrected chi connectivity index (χ1v) is 14.5. The summed E-state index contributed by atoms with van der Waals surface area (Å²) >= 11 is 11.9. The second-order valence-electron chi connectivity index (χ2n) is 9.83. The van der Waals surface area contributed by atoms with Crippen molar-refractivity contribution in [1.82, 2.24) is 25.6 Å². The fraction of sp³-hybridized carbons (Fsp3) is 0.667. The van der Waals surface area contributed by atoms with Gasteiger partial charge in [0.1, 0.15) is 4.90 Å². The van der Waals surface area contributed by atoms with Gasteiger partial charge in [-0.25, -0.2) is 22.7 Å². The van der Waals surface area contributed by atoms with Crippen molar-refractivity contribution in [3.8, 4) is 0 Å². The van der Waals surface area contributed by atoms with Crippen molar-refractivity contribution in [2.75, 3.05) is 19.6 Å². The Morgan fingerprint density at radius 3 is 2.14 bits per heavy atom. The minimum Gasteiger partial charge on any atom is -0.336 e. The van der Waals surface area contributed by atoms with E-state index in [9.17, 15) is 18.0 Å². The Bertz CT molecular complexity index is 958. The number of unbranched alkanes of at least 4 members (excludes halogenated alkanes) is 1. The lowest BCUT2D eigenvalue weighted by molar-refractivity contribution is 0.182. The molecule has 0 heterocycles. The minimum absolute atomic E-state index is 0.00317. The maximum atomic E-state index is 12.9. The van der Waals surface area contributed by atoms with Crippen LogP contribution in [-0.4, -0.2) is 63.1 Å². The first-order chi connectivity index (χ1) is 16.7. The molecule has 1 rings (SSSR count). The van der Waals surface area contributed by atoms with Crippen LogP contribution in [-0.2, 0) is 10.0 Å². The lowest BCUT2D eigenvalue weighted by atomic mass is 10.0. The topological polar surface area (TPSA) is 120 Å². The SMILES string of the molecule is CC(C)C[C@@H](CN(CCCCNS(=O)(=O)c1ccc(Cl)cc1Cl)C(=O)NC(C)C)NC(=O)NC(C)C. The molecular weight excluding hydrogens is 525 g/mol. The van der Waals surface area contributed by atoms with Crippen LogP contribution in [0, 0.1) is 5.92 Å². The molecule has 0 bridgehead atoms. The van der Waals surface area contributed by atoms with Gasteiger partial charge in [-0.3, -0.25) is 0 Å². The third-order valence-corrected chi connectivity index (χ3v) is 7.16. The second kappa shape index (κ2) is 15.5. The highest BCUT2D eigenvalue weighted by molar-refractivity contribution is 7.89. The van der Waals surface area contributed by atoms with Crippen LogP contribution < -0.4 is 20.7 Å². The quantitative estimate of drug-likeness (QED) is 0.246. The molecule has 4 amide bonds.